The second-order valence-electron chi connectivity index (χ2n) is 6.51. The van der Waals surface area contributed by atoms with Crippen molar-refractivity contribution in [2.75, 3.05) is 13.6 Å². The van der Waals surface area contributed by atoms with Gasteiger partial charge in [-0.05, 0) is 36.8 Å². The molecule has 21 heavy (non-hydrogen) atoms. The van der Waals surface area contributed by atoms with E-state index in [4.69, 9.17) is 0 Å². The van der Waals surface area contributed by atoms with Gasteiger partial charge in [0.1, 0.15) is 4.90 Å². The van der Waals surface area contributed by atoms with Crippen LogP contribution < -0.4 is 5.32 Å². The van der Waals surface area contributed by atoms with Crippen LogP contribution in [-0.4, -0.2) is 32.4 Å². The van der Waals surface area contributed by atoms with Crippen molar-refractivity contribution < 1.29 is 8.42 Å². The van der Waals surface area contributed by atoms with E-state index in [-0.39, 0.29) is 11.5 Å². The van der Waals surface area contributed by atoms with Crippen LogP contribution in [-0.2, 0) is 16.6 Å². The lowest BCUT2D eigenvalue weighted by molar-refractivity contribution is 0.216. The Morgan fingerprint density at radius 1 is 1.38 bits per heavy atom. The van der Waals surface area contributed by atoms with Gasteiger partial charge in [0.05, 0.1) is 0 Å². The first-order chi connectivity index (χ1) is 9.53. The minimum absolute atomic E-state index is 0.0752. The van der Waals surface area contributed by atoms with Crippen LogP contribution in [0, 0.1) is 12.3 Å². The van der Waals surface area contributed by atoms with Crippen LogP contribution in [0.1, 0.15) is 45.1 Å². The molecule has 0 radical (unpaired) electrons. The Morgan fingerprint density at radius 3 is 2.43 bits per heavy atom. The zero-order valence-electron chi connectivity index (χ0n) is 14.1. The number of thiophene rings is 1. The van der Waals surface area contributed by atoms with Gasteiger partial charge in [0.15, 0.2) is 0 Å². The Labute approximate surface area is 133 Å². The minimum Gasteiger partial charge on any atom is -0.312 e. The van der Waals surface area contributed by atoms with Crippen molar-refractivity contribution in [2.24, 2.45) is 5.41 Å². The predicted molar refractivity (Wildman–Crippen MR) is 90.3 cm³/mol. The van der Waals surface area contributed by atoms with Crippen LogP contribution in [0.3, 0.4) is 0 Å². The zero-order chi connectivity index (χ0) is 16.4. The quantitative estimate of drug-likeness (QED) is 0.870. The Balaban J connectivity index is 3.22. The van der Waals surface area contributed by atoms with Gasteiger partial charge in [0, 0.05) is 24.5 Å². The normalized spacial score (nSPS) is 14.7. The molecule has 122 valence electrons. The van der Waals surface area contributed by atoms with Gasteiger partial charge in [0.2, 0.25) is 10.0 Å². The highest BCUT2D eigenvalue weighted by atomic mass is 32.2. The van der Waals surface area contributed by atoms with Crippen molar-refractivity contribution in [1.82, 2.24) is 9.62 Å². The first kappa shape index (κ1) is 18.6. The molecule has 1 aromatic rings. The number of nitrogens with one attached hydrogen (secondary N) is 1. The largest absolute Gasteiger partial charge is 0.312 e. The lowest BCUT2D eigenvalue weighted by Gasteiger charge is -2.34. The number of rotatable bonds is 6. The fourth-order valence-corrected chi connectivity index (χ4v) is 5.36. The van der Waals surface area contributed by atoms with E-state index in [0.29, 0.717) is 11.4 Å². The first-order valence-corrected chi connectivity index (χ1v) is 9.61. The van der Waals surface area contributed by atoms with E-state index < -0.39 is 10.0 Å². The standard InChI is InChI=1S/C15H28N2O2S2/c1-8-16-9-13-14(11(2)10-20-13)21(18,19)17(7)12(3)15(4,5)6/h10,12,16H,8-9H2,1-7H3. The van der Waals surface area contributed by atoms with Crippen LogP contribution in [0.4, 0.5) is 0 Å². The molecule has 0 fully saturated rings. The molecule has 1 atom stereocenters. The van der Waals surface area contributed by atoms with Crippen LogP contribution >= 0.6 is 11.3 Å². The second kappa shape index (κ2) is 6.77. The topological polar surface area (TPSA) is 49.4 Å². The summed E-state index contributed by atoms with van der Waals surface area (Å²) in [5, 5.41) is 5.14. The molecule has 1 unspecified atom stereocenters. The summed E-state index contributed by atoms with van der Waals surface area (Å²) in [5.74, 6) is 0. The van der Waals surface area contributed by atoms with E-state index in [1.165, 1.54) is 15.6 Å². The summed E-state index contributed by atoms with van der Waals surface area (Å²) in [6.45, 7) is 13.4. The number of hydrogen-bond acceptors (Lipinski definition) is 4. The van der Waals surface area contributed by atoms with E-state index >= 15 is 0 Å². The fourth-order valence-electron chi connectivity index (χ4n) is 2.09. The molecule has 0 aliphatic carbocycles. The molecule has 0 saturated heterocycles. The highest BCUT2D eigenvalue weighted by Gasteiger charge is 2.35. The summed E-state index contributed by atoms with van der Waals surface area (Å²) in [7, 11) is -1.79. The van der Waals surface area contributed by atoms with Gasteiger partial charge in [-0.1, -0.05) is 27.7 Å². The molecule has 1 rings (SSSR count). The molecule has 1 heterocycles. The lowest BCUT2D eigenvalue weighted by atomic mass is 9.88. The molecule has 0 aliphatic heterocycles. The van der Waals surface area contributed by atoms with Crippen molar-refractivity contribution in [3.05, 3.63) is 15.8 Å². The molecule has 0 amide bonds. The molecule has 0 aliphatic rings. The first-order valence-electron chi connectivity index (χ1n) is 7.29. The van der Waals surface area contributed by atoms with E-state index in [1.807, 2.05) is 26.2 Å². The van der Waals surface area contributed by atoms with Gasteiger partial charge >= 0.3 is 0 Å². The van der Waals surface area contributed by atoms with Gasteiger partial charge in [-0.15, -0.1) is 11.3 Å². The minimum atomic E-state index is -3.47. The van der Waals surface area contributed by atoms with Crippen molar-refractivity contribution in [3.8, 4) is 0 Å². The average molecular weight is 333 g/mol. The molecule has 0 aromatic carbocycles. The molecule has 0 spiro atoms. The molecule has 0 saturated carbocycles. The summed E-state index contributed by atoms with van der Waals surface area (Å²) in [5.41, 5.74) is 0.731. The van der Waals surface area contributed by atoms with Crippen molar-refractivity contribution in [3.63, 3.8) is 0 Å². The third kappa shape index (κ3) is 4.06. The third-order valence-corrected chi connectivity index (χ3v) is 7.35. The van der Waals surface area contributed by atoms with Crippen molar-refractivity contribution in [2.45, 2.75) is 59.0 Å². The number of sulfonamides is 1. The van der Waals surface area contributed by atoms with Crippen LogP contribution in [0.25, 0.3) is 0 Å². The van der Waals surface area contributed by atoms with Crippen LogP contribution in [0.5, 0.6) is 0 Å². The van der Waals surface area contributed by atoms with Gasteiger partial charge in [-0.2, -0.15) is 4.31 Å². The lowest BCUT2D eigenvalue weighted by Crippen LogP contribution is -2.43. The monoisotopic (exact) mass is 332 g/mol. The summed E-state index contributed by atoms with van der Waals surface area (Å²) in [6, 6.07) is -0.0752. The maximum Gasteiger partial charge on any atom is 0.244 e. The Hall–Kier alpha value is -0.430. The third-order valence-electron chi connectivity index (χ3n) is 3.96. The molecular weight excluding hydrogens is 304 g/mol. The maximum atomic E-state index is 13.0. The molecular formula is C15H28N2O2S2. The fraction of sp³-hybridized carbons (Fsp3) is 0.733. The second-order valence-corrected chi connectivity index (χ2v) is 9.41. The molecule has 0 bridgehead atoms. The number of nitrogens with zero attached hydrogens (tertiary/aromatic N) is 1. The van der Waals surface area contributed by atoms with E-state index in [0.717, 1.165) is 17.0 Å². The van der Waals surface area contributed by atoms with Crippen molar-refractivity contribution in [1.29, 1.82) is 0 Å². The van der Waals surface area contributed by atoms with Crippen LogP contribution in [0.15, 0.2) is 10.3 Å². The highest BCUT2D eigenvalue weighted by Crippen LogP contribution is 2.33. The summed E-state index contributed by atoms with van der Waals surface area (Å²) in [6.07, 6.45) is 0. The zero-order valence-corrected chi connectivity index (χ0v) is 15.8. The summed E-state index contributed by atoms with van der Waals surface area (Å²) in [4.78, 5) is 1.37. The molecule has 1 N–H and O–H groups in total. The van der Waals surface area contributed by atoms with E-state index in [1.54, 1.807) is 7.05 Å². The maximum absolute atomic E-state index is 13.0. The molecule has 1 aromatic heterocycles. The van der Waals surface area contributed by atoms with Gasteiger partial charge in [-0.3, -0.25) is 0 Å². The Bertz CT molecular complexity index is 571. The van der Waals surface area contributed by atoms with E-state index in [9.17, 15) is 8.42 Å². The SMILES string of the molecule is CCNCc1scc(C)c1S(=O)(=O)N(C)C(C)C(C)(C)C. The number of hydrogen-bond donors (Lipinski definition) is 1. The summed E-state index contributed by atoms with van der Waals surface area (Å²) >= 11 is 1.51. The Morgan fingerprint density at radius 2 is 1.95 bits per heavy atom. The van der Waals surface area contributed by atoms with Crippen molar-refractivity contribution >= 4 is 21.4 Å². The highest BCUT2D eigenvalue weighted by molar-refractivity contribution is 7.89. The van der Waals surface area contributed by atoms with Gasteiger partial charge in [0.25, 0.3) is 0 Å². The van der Waals surface area contributed by atoms with Gasteiger partial charge in [-0.25, -0.2) is 8.42 Å². The Kier molecular flexibility index (Phi) is 6.00. The van der Waals surface area contributed by atoms with Crippen LogP contribution in [0.2, 0.25) is 0 Å². The smallest absolute Gasteiger partial charge is 0.244 e. The molecule has 4 nitrogen and oxygen atoms in total. The number of aryl methyl sites for hydroxylation is 1. The molecule has 6 heteroatoms. The average Bonchev–Trinajstić information content (AvgIpc) is 2.75. The van der Waals surface area contributed by atoms with E-state index in [2.05, 4.69) is 26.1 Å². The van der Waals surface area contributed by atoms with Gasteiger partial charge < -0.3 is 5.32 Å². The predicted octanol–water partition coefficient (Wildman–Crippen LogP) is 3.22. The summed E-state index contributed by atoms with van der Waals surface area (Å²) < 4.78 is 27.5.